The third-order valence-electron chi connectivity index (χ3n) is 2.97. The van der Waals surface area contributed by atoms with Gasteiger partial charge in [-0.05, 0) is 19.1 Å². The molecule has 0 radical (unpaired) electrons. The quantitative estimate of drug-likeness (QED) is 0.919. The molecule has 0 spiro atoms. The standard InChI is InChI=1S/C13H16ClFN2O2/c1-9-7-17(5-4-16-9)13(18)8-19-10-2-3-12(15)11(14)6-10/h2-3,6,9,16H,4-5,7-8H2,1H3/t9-/m1/s1. The monoisotopic (exact) mass is 286 g/mol. The van der Waals surface area contributed by atoms with Crippen LogP contribution in [0.1, 0.15) is 6.92 Å². The Balaban J connectivity index is 1.87. The minimum absolute atomic E-state index is 0.0132. The molecule has 19 heavy (non-hydrogen) atoms. The summed E-state index contributed by atoms with van der Waals surface area (Å²) in [7, 11) is 0. The molecule has 0 saturated carbocycles. The molecule has 1 aromatic rings. The fourth-order valence-electron chi connectivity index (χ4n) is 1.96. The second-order valence-corrected chi connectivity index (χ2v) is 4.97. The zero-order chi connectivity index (χ0) is 13.8. The minimum atomic E-state index is -0.503. The van der Waals surface area contributed by atoms with Gasteiger partial charge in [-0.3, -0.25) is 4.79 Å². The fraction of sp³-hybridized carbons (Fsp3) is 0.462. The molecule has 4 nitrogen and oxygen atoms in total. The fourth-order valence-corrected chi connectivity index (χ4v) is 2.13. The van der Waals surface area contributed by atoms with Crippen molar-refractivity contribution in [3.63, 3.8) is 0 Å². The highest BCUT2D eigenvalue weighted by Gasteiger charge is 2.20. The second kappa shape index (κ2) is 6.21. The summed E-state index contributed by atoms with van der Waals surface area (Å²) in [6.07, 6.45) is 0. The van der Waals surface area contributed by atoms with Crippen LogP contribution in [0.3, 0.4) is 0 Å². The van der Waals surface area contributed by atoms with E-state index in [9.17, 15) is 9.18 Å². The van der Waals surface area contributed by atoms with E-state index in [4.69, 9.17) is 16.3 Å². The maximum atomic E-state index is 13.0. The lowest BCUT2D eigenvalue weighted by Gasteiger charge is -2.31. The van der Waals surface area contributed by atoms with Crippen LogP contribution >= 0.6 is 11.6 Å². The van der Waals surface area contributed by atoms with Crippen molar-refractivity contribution in [2.24, 2.45) is 0 Å². The maximum absolute atomic E-state index is 13.0. The van der Waals surface area contributed by atoms with Crippen LogP contribution in [0.15, 0.2) is 18.2 Å². The average molecular weight is 287 g/mol. The molecule has 1 N–H and O–H groups in total. The van der Waals surface area contributed by atoms with Crippen molar-refractivity contribution < 1.29 is 13.9 Å². The zero-order valence-electron chi connectivity index (χ0n) is 10.7. The predicted octanol–water partition coefficient (Wildman–Crippen LogP) is 1.68. The predicted molar refractivity (Wildman–Crippen MR) is 70.9 cm³/mol. The first-order valence-corrected chi connectivity index (χ1v) is 6.53. The Hall–Kier alpha value is -1.33. The lowest BCUT2D eigenvalue weighted by atomic mass is 10.2. The Morgan fingerprint density at radius 1 is 1.63 bits per heavy atom. The van der Waals surface area contributed by atoms with Crippen molar-refractivity contribution in [3.05, 3.63) is 29.0 Å². The molecule has 0 aromatic heterocycles. The molecule has 1 heterocycles. The van der Waals surface area contributed by atoms with Crippen LogP contribution in [0.2, 0.25) is 5.02 Å². The summed E-state index contributed by atoms with van der Waals surface area (Å²) in [4.78, 5) is 13.7. The summed E-state index contributed by atoms with van der Waals surface area (Å²) in [5, 5.41) is 3.25. The van der Waals surface area contributed by atoms with Gasteiger partial charge >= 0.3 is 0 Å². The van der Waals surface area contributed by atoms with Gasteiger partial charge in [0.05, 0.1) is 5.02 Å². The molecular weight excluding hydrogens is 271 g/mol. The van der Waals surface area contributed by atoms with Crippen molar-refractivity contribution in [2.75, 3.05) is 26.2 Å². The van der Waals surface area contributed by atoms with E-state index < -0.39 is 5.82 Å². The summed E-state index contributed by atoms with van der Waals surface area (Å²) < 4.78 is 18.3. The summed E-state index contributed by atoms with van der Waals surface area (Å²) >= 11 is 5.64. The van der Waals surface area contributed by atoms with Gasteiger partial charge in [0.2, 0.25) is 0 Å². The molecule has 1 fully saturated rings. The van der Waals surface area contributed by atoms with E-state index in [-0.39, 0.29) is 23.6 Å². The van der Waals surface area contributed by atoms with Crippen molar-refractivity contribution in [1.82, 2.24) is 10.2 Å². The van der Waals surface area contributed by atoms with Crippen molar-refractivity contribution in [2.45, 2.75) is 13.0 Å². The molecule has 1 aromatic carbocycles. The van der Waals surface area contributed by atoms with Gasteiger partial charge in [-0.25, -0.2) is 4.39 Å². The molecule has 0 aliphatic carbocycles. The van der Waals surface area contributed by atoms with E-state index in [0.717, 1.165) is 6.54 Å². The van der Waals surface area contributed by atoms with E-state index >= 15 is 0 Å². The van der Waals surface area contributed by atoms with Crippen LogP contribution in [-0.4, -0.2) is 43.1 Å². The summed E-state index contributed by atoms with van der Waals surface area (Å²) in [6.45, 7) is 4.10. The first-order valence-electron chi connectivity index (χ1n) is 6.15. The lowest BCUT2D eigenvalue weighted by molar-refractivity contribution is -0.134. The average Bonchev–Trinajstić information content (AvgIpc) is 2.40. The number of carbonyl (C=O) groups is 1. The zero-order valence-corrected chi connectivity index (χ0v) is 11.4. The number of hydrogen-bond acceptors (Lipinski definition) is 3. The van der Waals surface area contributed by atoms with Crippen LogP contribution in [-0.2, 0) is 4.79 Å². The molecule has 1 amide bonds. The second-order valence-electron chi connectivity index (χ2n) is 4.56. The van der Waals surface area contributed by atoms with E-state index in [1.807, 2.05) is 6.92 Å². The van der Waals surface area contributed by atoms with Gasteiger partial charge in [-0.1, -0.05) is 11.6 Å². The van der Waals surface area contributed by atoms with Gasteiger partial charge < -0.3 is 15.0 Å². The smallest absolute Gasteiger partial charge is 0.260 e. The number of amides is 1. The molecule has 6 heteroatoms. The molecule has 1 saturated heterocycles. The number of halogens is 2. The van der Waals surface area contributed by atoms with Crippen LogP contribution in [0, 0.1) is 5.82 Å². The highest BCUT2D eigenvalue weighted by atomic mass is 35.5. The molecule has 1 atom stereocenters. The Bertz CT molecular complexity index is 470. The van der Waals surface area contributed by atoms with Crippen LogP contribution in [0.4, 0.5) is 4.39 Å². The molecule has 0 bridgehead atoms. The molecule has 1 aliphatic heterocycles. The van der Waals surface area contributed by atoms with Crippen molar-refractivity contribution >= 4 is 17.5 Å². The van der Waals surface area contributed by atoms with E-state index in [1.165, 1.54) is 18.2 Å². The number of rotatable bonds is 3. The van der Waals surface area contributed by atoms with Gasteiger partial charge in [0.15, 0.2) is 6.61 Å². The SMILES string of the molecule is C[C@@H]1CN(C(=O)COc2ccc(F)c(Cl)c2)CCN1. The van der Waals surface area contributed by atoms with Crippen molar-refractivity contribution in [1.29, 1.82) is 0 Å². The molecular formula is C13H16ClFN2O2. The normalized spacial score (nSPS) is 19.3. The number of benzene rings is 1. The lowest BCUT2D eigenvalue weighted by Crippen LogP contribution is -2.52. The third-order valence-corrected chi connectivity index (χ3v) is 3.26. The Morgan fingerprint density at radius 3 is 3.11 bits per heavy atom. The van der Waals surface area contributed by atoms with Gasteiger partial charge in [0.1, 0.15) is 11.6 Å². The number of piperazine rings is 1. The number of carbonyl (C=O) groups excluding carboxylic acids is 1. The Labute approximate surface area is 116 Å². The first kappa shape index (κ1) is 14.1. The number of ether oxygens (including phenoxy) is 1. The third kappa shape index (κ3) is 3.81. The van der Waals surface area contributed by atoms with Gasteiger partial charge in [0, 0.05) is 31.7 Å². The number of nitrogens with one attached hydrogen (secondary N) is 1. The van der Waals surface area contributed by atoms with Crippen LogP contribution in [0.5, 0.6) is 5.75 Å². The topological polar surface area (TPSA) is 41.6 Å². The molecule has 0 unspecified atom stereocenters. The Kier molecular flexibility index (Phi) is 4.61. The van der Waals surface area contributed by atoms with Gasteiger partial charge in [0.25, 0.3) is 5.91 Å². The summed E-state index contributed by atoms with van der Waals surface area (Å²) in [5.74, 6) is -0.187. The van der Waals surface area contributed by atoms with E-state index in [2.05, 4.69) is 5.32 Å². The highest BCUT2D eigenvalue weighted by Crippen LogP contribution is 2.21. The maximum Gasteiger partial charge on any atom is 0.260 e. The Morgan fingerprint density at radius 2 is 2.42 bits per heavy atom. The van der Waals surface area contributed by atoms with Crippen LogP contribution in [0.25, 0.3) is 0 Å². The largest absolute Gasteiger partial charge is 0.484 e. The number of nitrogens with zero attached hydrogens (tertiary/aromatic N) is 1. The minimum Gasteiger partial charge on any atom is -0.484 e. The van der Waals surface area contributed by atoms with Crippen molar-refractivity contribution in [3.8, 4) is 5.75 Å². The molecule has 2 rings (SSSR count). The molecule has 1 aliphatic rings. The summed E-state index contributed by atoms with van der Waals surface area (Å²) in [5.41, 5.74) is 0. The van der Waals surface area contributed by atoms with Crippen LogP contribution < -0.4 is 10.1 Å². The first-order chi connectivity index (χ1) is 9.06. The number of hydrogen-bond donors (Lipinski definition) is 1. The van der Waals surface area contributed by atoms with E-state index in [1.54, 1.807) is 4.90 Å². The van der Waals surface area contributed by atoms with E-state index in [0.29, 0.717) is 18.8 Å². The molecule has 104 valence electrons. The van der Waals surface area contributed by atoms with Gasteiger partial charge in [-0.2, -0.15) is 0 Å². The van der Waals surface area contributed by atoms with Gasteiger partial charge in [-0.15, -0.1) is 0 Å². The summed E-state index contributed by atoms with van der Waals surface area (Å²) in [6, 6.07) is 4.33. The highest BCUT2D eigenvalue weighted by molar-refractivity contribution is 6.30.